The van der Waals surface area contributed by atoms with E-state index >= 15 is 0 Å². The van der Waals surface area contributed by atoms with Crippen LogP contribution in [-0.4, -0.2) is 30.7 Å². The quantitative estimate of drug-likeness (QED) is 0.585. The minimum Gasteiger partial charge on any atom is -0.493 e. The maximum Gasteiger partial charge on any atom is 0.224 e. The van der Waals surface area contributed by atoms with Crippen molar-refractivity contribution in [3.8, 4) is 11.5 Å². The summed E-state index contributed by atoms with van der Waals surface area (Å²) in [6, 6.07) is 14.1. The first-order valence-corrected chi connectivity index (χ1v) is 8.94. The minimum absolute atomic E-state index is 0.224. The lowest BCUT2D eigenvalue weighted by atomic mass is 10.1. The molecule has 0 saturated heterocycles. The summed E-state index contributed by atoms with van der Waals surface area (Å²) in [5.41, 5.74) is 2.09. The molecular weight excluding hydrogens is 359 g/mol. The van der Waals surface area contributed by atoms with Crippen molar-refractivity contribution < 1.29 is 13.9 Å². The summed E-state index contributed by atoms with van der Waals surface area (Å²) in [6.07, 6.45) is 2.48. The Hall–Kier alpha value is -3.35. The molecule has 0 spiro atoms. The molecule has 1 aromatic heterocycles. The van der Waals surface area contributed by atoms with Crippen molar-refractivity contribution in [1.29, 1.82) is 0 Å². The van der Waals surface area contributed by atoms with Crippen molar-refractivity contribution in [1.82, 2.24) is 9.97 Å². The highest BCUT2D eigenvalue weighted by molar-refractivity contribution is 5.44. The van der Waals surface area contributed by atoms with E-state index in [4.69, 9.17) is 9.47 Å². The highest BCUT2D eigenvalue weighted by atomic mass is 19.1. The van der Waals surface area contributed by atoms with Crippen LogP contribution in [0, 0.1) is 5.82 Å². The van der Waals surface area contributed by atoms with Gasteiger partial charge in [0, 0.05) is 19.3 Å². The van der Waals surface area contributed by atoms with Gasteiger partial charge in [0.15, 0.2) is 11.5 Å². The van der Waals surface area contributed by atoms with E-state index < -0.39 is 0 Å². The Kier molecular flexibility index (Phi) is 6.62. The molecule has 0 aliphatic rings. The second-order valence-electron chi connectivity index (χ2n) is 6.11. The molecule has 28 heavy (non-hydrogen) atoms. The topological polar surface area (TPSA) is 68.3 Å². The van der Waals surface area contributed by atoms with Crippen LogP contribution in [0.25, 0.3) is 0 Å². The number of hydrogen-bond acceptors (Lipinski definition) is 6. The van der Waals surface area contributed by atoms with Crippen LogP contribution in [0.1, 0.15) is 11.1 Å². The van der Waals surface area contributed by atoms with E-state index in [1.807, 2.05) is 24.3 Å². The molecule has 0 radical (unpaired) electrons. The Bertz CT molecular complexity index is 903. The first-order chi connectivity index (χ1) is 13.7. The number of hydrogen-bond donors (Lipinski definition) is 2. The predicted molar refractivity (Wildman–Crippen MR) is 107 cm³/mol. The minimum atomic E-state index is -0.224. The molecule has 2 N–H and O–H groups in total. The summed E-state index contributed by atoms with van der Waals surface area (Å²) in [6.45, 7) is 1.25. The fourth-order valence-electron chi connectivity index (χ4n) is 2.70. The zero-order valence-electron chi connectivity index (χ0n) is 15.9. The molecule has 0 bridgehead atoms. The molecule has 6 nitrogen and oxygen atoms in total. The maximum atomic E-state index is 12.9. The summed E-state index contributed by atoms with van der Waals surface area (Å²) in [4.78, 5) is 8.71. The van der Waals surface area contributed by atoms with Gasteiger partial charge >= 0.3 is 0 Å². The van der Waals surface area contributed by atoms with Crippen LogP contribution in [0.4, 0.5) is 16.2 Å². The van der Waals surface area contributed by atoms with Gasteiger partial charge in [-0.15, -0.1) is 0 Å². The lowest BCUT2D eigenvalue weighted by Gasteiger charge is -2.11. The third-order valence-corrected chi connectivity index (χ3v) is 4.19. The molecule has 0 aliphatic heterocycles. The summed E-state index contributed by atoms with van der Waals surface area (Å²) < 4.78 is 23.5. The third kappa shape index (κ3) is 5.33. The van der Waals surface area contributed by atoms with Gasteiger partial charge in [-0.1, -0.05) is 18.2 Å². The Morgan fingerprint density at radius 1 is 0.893 bits per heavy atom. The van der Waals surface area contributed by atoms with E-state index in [2.05, 4.69) is 20.6 Å². The van der Waals surface area contributed by atoms with Gasteiger partial charge in [-0.3, -0.25) is 0 Å². The Balaban J connectivity index is 1.53. The van der Waals surface area contributed by atoms with Crippen molar-refractivity contribution in [3.63, 3.8) is 0 Å². The number of methoxy groups -OCH3 is 2. The van der Waals surface area contributed by atoms with Crippen molar-refractivity contribution in [2.75, 3.05) is 31.4 Å². The number of benzene rings is 2. The smallest absolute Gasteiger partial charge is 0.224 e. The van der Waals surface area contributed by atoms with Gasteiger partial charge in [-0.2, -0.15) is 4.98 Å². The molecule has 3 aromatic rings. The molecule has 7 heteroatoms. The predicted octanol–water partition coefficient (Wildman–Crippen LogP) is 3.90. The van der Waals surface area contributed by atoms with Crippen molar-refractivity contribution >= 4 is 11.8 Å². The molecule has 0 amide bonds. The summed E-state index contributed by atoms with van der Waals surface area (Å²) in [5.74, 6) is 2.40. The number of anilines is 2. The molecule has 0 fully saturated rings. The zero-order chi connectivity index (χ0) is 19.8. The third-order valence-electron chi connectivity index (χ3n) is 4.19. The van der Waals surface area contributed by atoms with E-state index in [-0.39, 0.29) is 5.82 Å². The van der Waals surface area contributed by atoms with E-state index in [1.54, 1.807) is 32.5 Å². The average molecular weight is 382 g/mol. The standard InChI is InChI=1S/C21H23FN4O2/c1-27-18-8-5-16(13-19(18)28-2)14-25-21-24-12-10-20(26-21)23-11-9-15-3-6-17(22)7-4-15/h3-8,10,12-13H,9,11,14H2,1-2H3,(H2,23,24,25,26). The number of aromatic nitrogens is 2. The molecular formula is C21H23FN4O2. The lowest BCUT2D eigenvalue weighted by molar-refractivity contribution is 0.354. The van der Waals surface area contributed by atoms with E-state index in [9.17, 15) is 4.39 Å². The van der Waals surface area contributed by atoms with Gasteiger partial charge in [0.05, 0.1) is 14.2 Å². The Morgan fingerprint density at radius 3 is 2.39 bits per heavy atom. The number of ether oxygens (including phenoxy) is 2. The number of halogens is 1. The largest absolute Gasteiger partial charge is 0.493 e. The van der Waals surface area contributed by atoms with Gasteiger partial charge in [0.25, 0.3) is 0 Å². The van der Waals surface area contributed by atoms with E-state index in [0.29, 0.717) is 30.5 Å². The van der Waals surface area contributed by atoms with Crippen LogP contribution in [0.2, 0.25) is 0 Å². The second-order valence-corrected chi connectivity index (χ2v) is 6.11. The van der Waals surface area contributed by atoms with Crippen LogP contribution in [0.15, 0.2) is 54.7 Å². The van der Waals surface area contributed by atoms with E-state index in [1.165, 1.54) is 12.1 Å². The van der Waals surface area contributed by atoms with Crippen molar-refractivity contribution in [2.45, 2.75) is 13.0 Å². The van der Waals surface area contributed by atoms with Crippen LogP contribution in [-0.2, 0) is 13.0 Å². The van der Waals surface area contributed by atoms with Crippen molar-refractivity contribution in [3.05, 3.63) is 71.7 Å². The highest BCUT2D eigenvalue weighted by Gasteiger charge is 2.05. The van der Waals surface area contributed by atoms with Gasteiger partial charge in [0.1, 0.15) is 11.6 Å². The number of rotatable bonds is 9. The number of nitrogens with one attached hydrogen (secondary N) is 2. The molecule has 146 valence electrons. The van der Waals surface area contributed by atoms with Crippen LogP contribution in [0.5, 0.6) is 11.5 Å². The SMILES string of the molecule is COc1ccc(CNc2nccc(NCCc3ccc(F)cc3)n2)cc1OC. The molecule has 2 aromatic carbocycles. The van der Waals surface area contributed by atoms with Gasteiger partial charge in [-0.25, -0.2) is 9.37 Å². The summed E-state index contributed by atoms with van der Waals surface area (Å²) >= 11 is 0. The monoisotopic (exact) mass is 382 g/mol. The first kappa shape index (κ1) is 19.4. The van der Waals surface area contributed by atoms with Crippen LogP contribution in [0.3, 0.4) is 0 Å². The Labute approximate surface area is 163 Å². The fourth-order valence-corrected chi connectivity index (χ4v) is 2.70. The van der Waals surface area contributed by atoms with E-state index in [0.717, 1.165) is 23.4 Å². The van der Waals surface area contributed by atoms with Gasteiger partial charge in [0.2, 0.25) is 5.95 Å². The van der Waals surface area contributed by atoms with Crippen LogP contribution < -0.4 is 20.1 Å². The van der Waals surface area contributed by atoms with Gasteiger partial charge in [-0.05, 0) is 47.9 Å². The average Bonchev–Trinajstić information content (AvgIpc) is 2.74. The lowest BCUT2D eigenvalue weighted by Crippen LogP contribution is -2.09. The van der Waals surface area contributed by atoms with Crippen LogP contribution >= 0.6 is 0 Å². The molecule has 0 unspecified atom stereocenters. The fraction of sp³-hybridized carbons (Fsp3) is 0.238. The maximum absolute atomic E-state index is 12.9. The zero-order valence-corrected chi connectivity index (χ0v) is 15.9. The molecule has 0 atom stereocenters. The van der Waals surface area contributed by atoms with Crippen molar-refractivity contribution in [2.24, 2.45) is 0 Å². The summed E-state index contributed by atoms with van der Waals surface area (Å²) in [5, 5.41) is 6.46. The molecule has 0 saturated carbocycles. The molecule has 0 aliphatic carbocycles. The normalized spacial score (nSPS) is 10.4. The number of nitrogens with zero attached hydrogens (tertiary/aromatic N) is 2. The first-order valence-electron chi connectivity index (χ1n) is 8.94. The highest BCUT2D eigenvalue weighted by Crippen LogP contribution is 2.27. The van der Waals surface area contributed by atoms with Gasteiger partial charge < -0.3 is 20.1 Å². The molecule has 3 rings (SSSR count). The second kappa shape index (κ2) is 9.55. The Morgan fingerprint density at radius 2 is 1.64 bits per heavy atom. The molecule has 1 heterocycles. The summed E-state index contributed by atoms with van der Waals surface area (Å²) in [7, 11) is 3.22.